The van der Waals surface area contributed by atoms with Gasteiger partial charge in [-0.15, -0.1) is 0 Å². The lowest BCUT2D eigenvalue weighted by atomic mass is 10.8. The Bertz CT molecular complexity index is 162. The molecule has 8 heavy (non-hydrogen) atoms. The predicted octanol–water partition coefficient (Wildman–Crippen LogP) is -0.0987. The van der Waals surface area contributed by atoms with Crippen molar-refractivity contribution < 1.29 is 14.6 Å². The van der Waals surface area contributed by atoms with Gasteiger partial charge in [-0.25, -0.2) is 0 Å². The van der Waals surface area contributed by atoms with Crippen molar-refractivity contribution in [2.24, 2.45) is 4.99 Å². The van der Waals surface area contributed by atoms with Crippen molar-refractivity contribution in [2.45, 2.75) is 0 Å². The van der Waals surface area contributed by atoms with E-state index in [-0.39, 0.29) is 11.5 Å². The van der Waals surface area contributed by atoms with E-state index in [1.165, 1.54) is 6.21 Å². The Morgan fingerprint density at radius 2 is 2.62 bits per heavy atom. The van der Waals surface area contributed by atoms with Gasteiger partial charge in [0, 0.05) is 0 Å². The molecule has 0 bridgehead atoms. The first-order valence-electron chi connectivity index (χ1n) is 1.97. The van der Waals surface area contributed by atoms with Crippen molar-refractivity contribution in [3.8, 4) is 0 Å². The van der Waals surface area contributed by atoms with Crippen molar-refractivity contribution in [2.75, 3.05) is 6.61 Å². The van der Waals surface area contributed by atoms with Crippen LogP contribution in [0.5, 0.6) is 0 Å². The monoisotopic (exact) mass is 115 g/mol. The molecule has 1 aliphatic rings. The second-order valence-electron chi connectivity index (χ2n) is 1.15. The maximum absolute atomic E-state index is 10.1. The molecule has 0 unspecified atom stereocenters. The van der Waals surface area contributed by atoms with Crippen LogP contribution in [0, 0.1) is 4.91 Å². The highest BCUT2D eigenvalue weighted by atomic mass is 16.8. The molecule has 1 heterocycles. The lowest BCUT2D eigenvalue weighted by Gasteiger charge is -1.90. The maximum Gasteiger partial charge on any atom is 0.620 e. The van der Waals surface area contributed by atoms with Gasteiger partial charge >= 0.3 is 6.03 Å². The summed E-state index contributed by atoms with van der Waals surface area (Å²) in [7, 11) is 0. The average molecular weight is 115 g/mol. The van der Waals surface area contributed by atoms with E-state index >= 15 is 0 Å². The van der Waals surface area contributed by atoms with E-state index < -0.39 is 6.03 Å². The highest BCUT2D eigenvalue weighted by molar-refractivity contribution is 5.78. The fourth-order valence-electron chi connectivity index (χ4n) is 0.319. The van der Waals surface area contributed by atoms with Crippen LogP contribution < -0.4 is 0 Å². The molecule has 1 rings (SSSR count). The molecule has 0 spiro atoms. The van der Waals surface area contributed by atoms with Gasteiger partial charge in [0.2, 0.25) is 11.5 Å². The van der Waals surface area contributed by atoms with Gasteiger partial charge in [-0.05, 0) is 9.90 Å². The predicted molar refractivity (Wildman–Crippen MR) is 23.5 cm³/mol. The normalized spacial score (nSPS) is 18.5. The van der Waals surface area contributed by atoms with E-state index in [0.717, 1.165) is 0 Å². The van der Waals surface area contributed by atoms with Crippen molar-refractivity contribution in [1.29, 1.82) is 0 Å². The first-order chi connectivity index (χ1) is 3.80. The highest BCUT2D eigenvalue weighted by Gasteiger charge is 2.25. The number of amides is 2. The summed E-state index contributed by atoms with van der Waals surface area (Å²) in [5, 5.41) is 0. The molecule has 0 atom stereocenters. The number of hydrogen-bond donors (Lipinski definition) is 0. The van der Waals surface area contributed by atoms with Crippen LogP contribution in [-0.2, 0) is 4.84 Å². The quantitative estimate of drug-likeness (QED) is 0.443. The molecule has 1 aliphatic heterocycles. The molecule has 2 amide bonds. The van der Waals surface area contributed by atoms with Crippen molar-refractivity contribution in [3.05, 3.63) is 4.91 Å². The number of carbonyl (C=O) groups excluding carboxylic acids is 1. The zero-order chi connectivity index (χ0) is 5.98. The summed E-state index contributed by atoms with van der Waals surface area (Å²) in [6.07, 6.45) is 1.23. The van der Waals surface area contributed by atoms with Gasteiger partial charge in [0.25, 0.3) is 0 Å². The molecule has 0 saturated heterocycles. The molecule has 5 nitrogen and oxygen atoms in total. The Kier molecular flexibility index (Phi) is 1.03. The summed E-state index contributed by atoms with van der Waals surface area (Å²) >= 11 is 0. The summed E-state index contributed by atoms with van der Waals surface area (Å²) in [5.74, 6) is 0. The molecule has 0 aliphatic carbocycles. The summed E-state index contributed by atoms with van der Waals surface area (Å²) in [6, 6.07) is -0.906. The minimum absolute atomic E-state index is 0.0786. The Morgan fingerprint density at radius 1 is 1.88 bits per heavy atom. The molecule has 0 radical (unpaired) electrons. The van der Waals surface area contributed by atoms with Gasteiger partial charge in [-0.1, -0.05) is 0 Å². The van der Waals surface area contributed by atoms with E-state index in [4.69, 9.17) is 0 Å². The molecular weight excluding hydrogens is 112 g/mol. The second-order valence-corrected chi connectivity index (χ2v) is 1.15. The van der Waals surface area contributed by atoms with Gasteiger partial charge in [0.15, 0.2) is 6.21 Å². The zero-order valence-corrected chi connectivity index (χ0v) is 3.90. The van der Waals surface area contributed by atoms with Gasteiger partial charge in [0.05, 0.1) is 0 Å². The van der Waals surface area contributed by atoms with E-state index in [1.54, 1.807) is 0 Å². The standard InChI is InChI=1S/C3H3N2O3/c6-3-4-1-2-8-5(3)7/h1H,2H2/q+1. The Hall–Kier alpha value is -1.26. The topological polar surface area (TPSA) is 58.7 Å². The van der Waals surface area contributed by atoms with Crippen molar-refractivity contribution >= 4 is 12.2 Å². The fourth-order valence-corrected chi connectivity index (χ4v) is 0.319. The van der Waals surface area contributed by atoms with Crippen LogP contribution in [0.4, 0.5) is 4.79 Å². The van der Waals surface area contributed by atoms with Crippen LogP contribution in [0.3, 0.4) is 0 Å². The number of carbonyl (C=O) groups is 1. The first-order valence-corrected chi connectivity index (χ1v) is 1.97. The zero-order valence-electron chi connectivity index (χ0n) is 3.90. The third-order valence-electron chi connectivity index (χ3n) is 0.624. The fraction of sp³-hybridized carbons (Fsp3) is 0.333. The summed E-state index contributed by atoms with van der Waals surface area (Å²) in [5.41, 5.74) is 0. The van der Waals surface area contributed by atoms with E-state index in [2.05, 4.69) is 9.83 Å². The van der Waals surface area contributed by atoms with Crippen LogP contribution in [0.15, 0.2) is 4.99 Å². The first kappa shape index (κ1) is 4.89. The summed E-state index contributed by atoms with van der Waals surface area (Å²) in [4.78, 5) is 27.3. The molecule has 0 aromatic carbocycles. The maximum atomic E-state index is 10.1. The summed E-state index contributed by atoms with van der Waals surface area (Å²) in [6.45, 7) is 0.0786. The van der Waals surface area contributed by atoms with Gasteiger partial charge < -0.3 is 0 Å². The lowest BCUT2D eigenvalue weighted by molar-refractivity contribution is -0.728. The van der Waals surface area contributed by atoms with E-state index in [1.807, 2.05) is 0 Å². The van der Waals surface area contributed by atoms with Crippen LogP contribution in [0.25, 0.3) is 0 Å². The van der Waals surface area contributed by atoms with E-state index in [0.29, 0.717) is 0 Å². The molecule has 42 valence electrons. The number of hydrogen-bond acceptors (Lipinski definition) is 3. The number of aliphatic imine (C=N–C) groups is 1. The lowest BCUT2D eigenvalue weighted by Crippen LogP contribution is -2.21. The van der Waals surface area contributed by atoms with E-state index in [9.17, 15) is 9.70 Å². The Labute approximate surface area is 44.5 Å². The van der Waals surface area contributed by atoms with Crippen LogP contribution >= 0.6 is 0 Å². The third-order valence-corrected chi connectivity index (χ3v) is 0.624. The molecule has 0 aromatic heterocycles. The minimum atomic E-state index is -0.906. The minimum Gasteiger partial charge on any atom is -0.288 e. The van der Waals surface area contributed by atoms with Crippen LogP contribution in [0.1, 0.15) is 0 Å². The third kappa shape index (κ3) is 0.699. The molecule has 0 fully saturated rings. The molecule has 0 aromatic rings. The molecule has 5 heteroatoms. The second kappa shape index (κ2) is 1.69. The molecule has 0 N–H and O–H groups in total. The largest absolute Gasteiger partial charge is 0.620 e. The van der Waals surface area contributed by atoms with Crippen molar-refractivity contribution in [3.63, 3.8) is 0 Å². The van der Waals surface area contributed by atoms with Gasteiger partial charge in [-0.2, -0.15) is 4.79 Å². The van der Waals surface area contributed by atoms with Crippen LogP contribution in [0.2, 0.25) is 0 Å². The summed E-state index contributed by atoms with van der Waals surface area (Å²) < 4.78 is 0. The molecule has 0 saturated carbocycles. The molecular formula is C3H3N2O3+. The van der Waals surface area contributed by atoms with Gasteiger partial charge in [-0.3, -0.25) is 4.84 Å². The van der Waals surface area contributed by atoms with Crippen LogP contribution in [-0.4, -0.2) is 23.8 Å². The number of nitrogens with zero attached hydrogens (tertiary/aromatic N) is 2. The smallest absolute Gasteiger partial charge is 0.288 e. The van der Waals surface area contributed by atoms with Crippen molar-refractivity contribution in [1.82, 2.24) is 0 Å². The Morgan fingerprint density at radius 3 is 3.00 bits per heavy atom. The number of rotatable bonds is 0. The average Bonchev–Trinajstić information content (AvgIpc) is 1.77. The highest BCUT2D eigenvalue weighted by Crippen LogP contribution is 1.88. The van der Waals surface area contributed by atoms with Gasteiger partial charge in [0.1, 0.15) is 0 Å². The number of urea groups is 1. The Balaban J connectivity index is 2.75. The SMILES string of the molecule is O=C1N=CCO[N+]1=O.